The van der Waals surface area contributed by atoms with Crippen molar-refractivity contribution in [2.75, 3.05) is 0 Å². The van der Waals surface area contributed by atoms with Crippen molar-refractivity contribution in [3.63, 3.8) is 0 Å². The zero-order valence-electron chi connectivity index (χ0n) is 11.9. The molecule has 3 nitrogen and oxygen atoms in total. The van der Waals surface area contributed by atoms with Crippen molar-refractivity contribution < 1.29 is 4.79 Å². The minimum Gasteiger partial charge on any atom is -0.353 e. The quantitative estimate of drug-likeness (QED) is 0.811. The van der Waals surface area contributed by atoms with Gasteiger partial charge in [0.1, 0.15) is 0 Å². The molecule has 18 heavy (non-hydrogen) atoms. The van der Waals surface area contributed by atoms with Gasteiger partial charge in [0, 0.05) is 18.0 Å². The van der Waals surface area contributed by atoms with E-state index in [9.17, 15) is 4.79 Å². The van der Waals surface area contributed by atoms with E-state index in [4.69, 9.17) is 5.73 Å². The molecule has 104 valence electrons. The van der Waals surface area contributed by atoms with Gasteiger partial charge in [-0.2, -0.15) is 0 Å². The number of hydrogen-bond donors (Lipinski definition) is 2. The van der Waals surface area contributed by atoms with Crippen LogP contribution in [0.2, 0.25) is 0 Å². The van der Waals surface area contributed by atoms with Gasteiger partial charge in [0.25, 0.3) is 0 Å². The SMILES string of the molecule is CC1(C)CCCC(NC(=O)CC2(N)CCCC2)C1. The highest BCUT2D eigenvalue weighted by atomic mass is 16.1. The van der Waals surface area contributed by atoms with Crippen LogP contribution in [-0.4, -0.2) is 17.5 Å². The van der Waals surface area contributed by atoms with E-state index in [0.717, 1.165) is 25.7 Å². The highest BCUT2D eigenvalue weighted by Crippen LogP contribution is 2.35. The normalized spacial score (nSPS) is 30.1. The number of carbonyl (C=O) groups excluding carboxylic acids is 1. The summed E-state index contributed by atoms with van der Waals surface area (Å²) < 4.78 is 0. The predicted octanol–water partition coefficient (Wildman–Crippen LogP) is 2.73. The Labute approximate surface area is 111 Å². The van der Waals surface area contributed by atoms with E-state index in [0.29, 0.717) is 17.9 Å². The van der Waals surface area contributed by atoms with E-state index >= 15 is 0 Å². The van der Waals surface area contributed by atoms with Gasteiger partial charge in [-0.1, -0.05) is 33.1 Å². The molecule has 1 amide bonds. The van der Waals surface area contributed by atoms with E-state index in [1.54, 1.807) is 0 Å². The van der Waals surface area contributed by atoms with Gasteiger partial charge in [0.15, 0.2) is 0 Å². The maximum absolute atomic E-state index is 12.1. The summed E-state index contributed by atoms with van der Waals surface area (Å²) in [6.45, 7) is 4.60. The smallest absolute Gasteiger partial charge is 0.222 e. The molecule has 2 rings (SSSR count). The average molecular weight is 252 g/mol. The lowest BCUT2D eigenvalue weighted by Crippen LogP contribution is -2.46. The van der Waals surface area contributed by atoms with E-state index in [2.05, 4.69) is 19.2 Å². The summed E-state index contributed by atoms with van der Waals surface area (Å²) in [5.74, 6) is 0.169. The molecule has 2 fully saturated rings. The summed E-state index contributed by atoms with van der Waals surface area (Å²) >= 11 is 0. The van der Waals surface area contributed by atoms with Crippen molar-refractivity contribution in [2.45, 2.75) is 83.2 Å². The molecule has 2 aliphatic carbocycles. The second kappa shape index (κ2) is 5.20. The van der Waals surface area contributed by atoms with Crippen molar-refractivity contribution in [3.8, 4) is 0 Å². The zero-order chi connectivity index (χ0) is 13.2. The maximum atomic E-state index is 12.1. The van der Waals surface area contributed by atoms with Gasteiger partial charge >= 0.3 is 0 Å². The van der Waals surface area contributed by atoms with Gasteiger partial charge in [-0.3, -0.25) is 4.79 Å². The Morgan fingerprint density at radius 1 is 1.22 bits per heavy atom. The lowest BCUT2D eigenvalue weighted by atomic mass is 9.75. The van der Waals surface area contributed by atoms with Crippen molar-refractivity contribution >= 4 is 5.91 Å². The van der Waals surface area contributed by atoms with Crippen LogP contribution < -0.4 is 11.1 Å². The van der Waals surface area contributed by atoms with Gasteiger partial charge in [-0.25, -0.2) is 0 Å². The Morgan fingerprint density at radius 3 is 2.50 bits per heavy atom. The fraction of sp³-hybridized carbons (Fsp3) is 0.933. The van der Waals surface area contributed by atoms with Crippen molar-refractivity contribution in [2.24, 2.45) is 11.1 Å². The second-order valence-electron chi connectivity index (χ2n) is 7.27. The molecule has 3 N–H and O–H groups in total. The van der Waals surface area contributed by atoms with Gasteiger partial charge in [-0.15, -0.1) is 0 Å². The third-order valence-electron chi connectivity index (χ3n) is 4.68. The third kappa shape index (κ3) is 3.71. The number of nitrogens with two attached hydrogens (primary N) is 1. The van der Waals surface area contributed by atoms with E-state index in [1.165, 1.54) is 25.7 Å². The topological polar surface area (TPSA) is 55.1 Å². The molecule has 0 aromatic rings. The summed E-state index contributed by atoms with van der Waals surface area (Å²) in [5.41, 5.74) is 6.42. The average Bonchev–Trinajstić information content (AvgIpc) is 2.62. The molecule has 2 saturated carbocycles. The van der Waals surface area contributed by atoms with Crippen LogP contribution in [0.5, 0.6) is 0 Å². The molecule has 0 spiro atoms. The molecular formula is C15H28N2O. The van der Waals surface area contributed by atoms with Gasteiger partial charge in [0.2, 0.25) is 5.91 Å². The molecule has 2 aliphatic rings. The van der Waals surface area contributed by atoms with Crippen molar-refractivity contribution in [1.29, 1.82) is 0 Å². The minimum atomic E-state index is -0.214. The van der Waals surface area contributed by atoms with Crippen LogP contribution in [0.3, 0.4) is 0 Å². The van der Waals surface area contributed by atoms with Crippen LogP contribution in [0.15, 0.2) is 0 Å². The number of hydrogen-bond acceptors (Lipinski definition) is 2. The lowest BCUT2D eigenvalue weighted by Gasteiger charge is -2.36. The van der Waals surface area contributed by atoms with Crippen LogP contribution in [0.25, 0.3) is 0 Å². The number of nitrogens with one attached hydrogen (secondary N) is 1. The molecule has 0 aromatic heterocycles. The number of amides is 1. The molecule has 1 unspecified atom stereocenters. The fourth-order valence-corrected chi connectivity index (χ4v) is 3.68. The van der Waals surface area contributed by atoms with Gasteiger partial charge in [0.05, 0.1) is 0 Å². The van der Waals surface area contributed by atoms with Crippen LogP contribution in [0, 0.1) is 5.41 Å². The van der Waals surface area contributed by atoms with Crippen LogP contribution in [0.1, 0.15) is 71.6 Å². The first kappa shape index (κ1) is 13.9. The summed E-state index contributed by atoms with van der Waals surface area (Å²) in [6, 6.07) is 0.367. The fourth-order valence-electron chi connectivity index (χ4n) is 3.68. The first-order valence-corrected chi connectivity index (χ1v) is 7.47. The molecule has 1 atom stereocenters. The molecule has 0 saturated heterocycles. The number of rotatable bonds is 3. The Bertz CT molecular complexity index is 306. The highest BCUT2D eigenvalue weighted by molar-refractivity contribution is 5.77. The Balaban J connectivity index is 1.80. The Kier molecular flexibility index (Phi) is 4.00. The molecule has 0 aliphatic heterocycles. The summed E-state index contributed by atoms with van der Waals surface area (Å²) in [4.78, 5) is 12.1. The Morgan fingerprint density at radius 2 is 1.89 bits per heavy atom. The van der Waals surface area contributed by atoms with E-state index < -0.39 is 0 Å². The summed E-state index contributed by atoms with van der Waals surface area (Å²) in [5, 5.41) is 3.21. The molecular weight excluding hydrogens is 224 g/mol. The van der Waals surface area contributed by atoms with E-state index in [-0.39, 0.29) is 11.4 Å². The summed E-state index contributed by atoms with van der Waals surface area (Å²) in [7, 11) is 0. The standard InChI is InChI=1S/C15H28N2O/c1-14(2)7-5-6-12(10-14)17-13(18)11-15(16)8-3-4-9-15/h12H,3-11,16H2,1-2H3,(H,17,18). The van der Waals surface area contributed by atoms with Crippen LogP contribution in [0.4, 0.5) is 0 Å². The molecule has 0 bridgehead atoms. The largest absolute Gasteiger partial charge is 0.353 e. The monoisotopic (exact) mass is 252 g/mol. The van der Waals surface area contributed by atoms with Crippen molar-refractivity contribution in [1.82, 2.24) is 5.32 Å². The van der Waals surface area contributed by atoms with Crippen LogP contribution in [-0.2, 0) is 4.79 Å². The molecule has 0 heterocycles. The highest BCUT2D eigenvalue weighted by Gasteiger charge is 2.33. The van der Waals surface area contributed by atoms with Crippen molar-refractivity contribution in [3.05, 3.63) is 0 Å². The molecule has 0 aromatic carbocycles. The predicted molar refractivity (Wildman–Crippen MR) is 74.2 cm³/mol. The first-order valence-electron chi connectivity index (χ1n) is 7.47. The number of carbonyl (C=O) groups is 1. The molecule has 0 radical (unpaired) electrons. The van der Waals surface area contributed by atoms with Gasteiger partial charge < -0.3 is 11.1 Å². The minimum absolute atomic E-state index is 0.169. The maximum Gasteiger partial charge on any atom is 0.222 e. The van der Waals surface area contributed by atoms with Crippen LogP contribution >= 0.6 is 0 Å². The summed E-state index contributed by atoms with van der Waals surface area (Å²) in [6.07, 6.45) is 9.65. The lowest BCUT2D eigenvalue weighted by molar-refractivity contribution is -0.123. The Hall–Kier alpha value is -0.570. The first-order chi connectivity index (χ1) is 8.39. The zero-order valence-corrected chi connectivity index (χ0v) is 11.9. The van der Waals surface area contributed by atoms with Gasteiger partial charge in [-0.05, 0) is 37.5 Å². The second-order valence-corrected chi connectivity index (χ2v) is 7.27. The molecule has 3 heteroatoms. The van der Waals surface area contributed by atoms with E-state index in [1.807, 2.05) is 0 Å². The third-order valence-corrected chi connectivity index (χ3v) is 4.68.